The van der Waals surface area contributed by atoms with Crippen LogP contribution in [0.25, 0.3) is 0 Å². The number of rotatable bonds is 4. The minimum Gasteiger partial charge on any atom is -0.481 e. The van der Waals surface area contributed by atoms with E-state index in [2.05, 4.69) is 10.6 Å². The predicted molar refractivity (Wildman–Crippen MR) is 76.7 cm³/mol. The monoisotopic (exact) mass is 294 g/mol. The quantitative estimate of drug-likeness (QED) is 0.799. The molecule has 114 valence electrons. The van der Waals surface area contributed by atoms with Crippen molar-refractivity contribution in [2.45, 2.75) is 32.6 Å². The number of carbonyl (C=O) groups excluding carboxylic acids is 1. The van der Waals surface area contributed by atoms with Gasteiger partial charge in [-0.2, -0.15) is 0 Å². The molecule has 0 spiro atoms. The second kappa shape index (κ2) is 6.11. The Balaban J connectivity index is 1.94. The number of carbonyl (C=O) groups is 2. The Hall–Kier alpha value is -2.11. The van der Waals surface area contributed by atoms with Gasteiger partial charge in [-0.05, 0) is 43.5 Å². The number of urea groups is 1. The molecule has 3 N–H and O–H groups in total. The van der Waals surface area contributed by atoms with Crippen LogP contribution < -0.4 is 10.6 Å². The second-order valence-corrected chi connectivity index (χ2v) is 5.62. The van der Waals surface area contributed by atoms with Crippen molar-refractivity contribution in [3.63, 3.8) is 0 Å². The first kappa shape index (κ1) is 15.3. The van der Waals surface area contributed by atoms with E-state index in [0.29, 0.717) is 24.1 Å². The highest BCUT2D eigenvalue weighted by Crippen LogP contribution is 2.37. The molecule has 2 rings (SSSR count). The van der Waals surface area contributed by atoms with Crippen LogP contribution in [0.1, 0.15) is 31.2 Å². The zero-order valence-corrected chi connectivity index (χ0v) is 11.9. The van der Waals surface area contributed by atoms with E-state index in [1.54, 1.807) is 13.0 Å². The van der Waals surface area contributed by atoms with E-state index in [9.17, 15) is 19.1 Å². The summed E-state index contributed by atoms with van der Waals surface area (Å²) in [6.45, 7) is 1.81. The van der Waals surface area contributed by atoms with Gasteiger partial charge in [-0.15, -0.1) is 0 Å². The smallest absolute Gasteiger partial charge is 0.319 e. The molecule has 1 aromatic carbocycles. The molecule has 5 nitrogen and oxygen atoms in total. The van der Waals surface area contributed by atoms with Gasteiger partial charge in [0.05, 0.1) is 5.41 Å². The Morgan fingerprint density at radius 2 is 1.95 bits per heavy atom. The SMILES string of the molecule is Cc1cc(F)cc(NC(=O)NCC2(C(=O)O)CCCC2)c1. The third-order valence-electron chi connectivity index (χ3n) is 3.90. The van der Waals surface area contributed by atoms with Crippen molar-refractivity contribution in [2.24, 2.45) is 5.41 Å². The van der Waals surface area contributed by atoms with Gasteiger partial charge in [-0.1, -0.05) is 12.8 Å². The van der Waals surface area contributed by atoms with Crippen molar-refractivity contribution in [2.75, 3.05) is 11.9 Å². The van der Waals surface area contributed by atoms with Crippen LogP contribution in [-0.4, -0.2) is 23.7 Å². The number of benzene rings is 1. The topological polar surface area (TPSA) is 78.4 Å². The summed E-state index contributed by atoms with van der Waals surface area (Å²) in [5.41, 5.74) is 0.179. The molecule has 21 heavy (non-hydrogen) atoms. The van der Waals surface area contributed by atoms with Gasteiger partial charge >= 0.3 is 12.0 Å². The number of aryl methyl sites for hydroxylation is 1. The van der Waals surface area contributed by atoms with Crippen LogP contribution in [0.15, 0.2) is 18.2 Å². The van der Waals surface area contributed by atoms with E-state index < -0.39 is 23.2 Å². The Labute approximate surface area is 122 Å². The van der Waals surface area contributed by atoms with Gasteiger partial charge in [0.2, 0.25) is 0 Å². The van der Waals surface area contributed by atoms with E-state index in [0.717, 1.165) is 12.8 Å². The normalized spacial score (nSPS) is 16.5. The first-order valence-electron chi connectivity index (χ1n) is 6.97. The molecule has 0 radical (unpaired) electrons. The highest BCUT2D eigenvalue weighted by molar-refractivity contribution is 5.89. The average Bonchev–Trinajstić information content (AvgIpc) is 2.85. The van der Waals surface area contributed by atoms with Crippen LogP contribution in [0.2, 0.25) is 0 Å². The van der Waals surface area contributed by atoms with Gasteiger partial charge < -0.3 is 15.7 Å². The summed E-state index contributed by atoms with van der Waals surface area (Å²) in [7, 11) is 0. The highest BCUT2D eigenvalue weighted by atomic mass is 19.1. The minimum absolute atomic E-state index is 0.0858. The summed E-state index contributed by atoms with van der Waals surface area (Å²) < 4.78 is 13.2. The van der Waals surface area contributed by atoms with Gasteiger partial charge in [0.15, 0.2) is 0 Å². The van der Waals surface area contributed by atoms with Crippen molar-refractivity contribution < 1.29 is 19.1 Å². The van der Waals surface area contributed by atoms with Gasteiger partial charge in [0.1, 0.15) is 5.82 Å². The molecular weight excluding hydrogens is 275 g/mol. The van der Waals surface area contributed by atoms with Crippen LogP contribution in [-0.2, 0) is 4.79 Å². The van der Waals surface area contributed by atoms with E-state index >= 15 is 0 Å². The van der Waals surface area contributed by atoms with Gasteiger partial charge in [-0.3, -0.25) is 4.79 Å². The molecule has 2 amide bonds. The number of carboxylic acids is 1. The molecule has 1 aromatic rings. The molecule has 0 bridgehead atoms. The predicted octanol–water partition coefficient (Wildman–Crippen LogP) is 2.90. The number of nitrogens with one attached hydrogen (secondary N) is 2. The van der Waals surface area contributed by atoms with Gasteiger partial charge in [0, 0.05) is 12.2 Å². The molecule has 0 heterocycles. The Morgan fingerprint density at radius 3 is 2.52 bits per heavy atom. The number of hydrogen-bond acceptors (Lipinski definition) is 2. The van der Waals surface area contributed by atoms with E-state index in [1.165, 1.54) is 12.1 Å². The fourth-order valence-corrected chi connectivity index (χ4v) is 2.75. The molecular formula is C15H19FN2O3. The zero-order valence-electron chi connectivity index (χ0n) is 11.9. The maximum absolute atomic E-state index is 13.2. The lowest BCUT2D eigenvalue weighted by molar-refractivity contribution is -0.148. The molecule has 6 heteroatoms. The lowest BCUT2D eigenvalue weighted by Crippen LogP contribution is -2.42. The summed E-state index contributed by atoms with van der Waals surface area (Å²) in [5.74, 6) is -1.30. The summed E-state index contributed by atoms with van der Waals surface area (Å²) in [4.78, 5) is 23.2. The molecule has 0 saturated heterocycles. The summed E-state index contributed by atoms with van der Waals surface area (Å²) in [6.07, 6.45) is 2.86. The Bertz CT molecular complexity index is 534. The van der Waals surface area contributed by atoms with Crippen LogP contribution in [0.3, 0.4) is 0 Å². The molecule has 1 aliphatic carbocycles. The molecule has 1 fully saturated rings. The number of amides is 2. The lowest BCUT2D eigenvalue weighted by Gasteiger charge is -2.24. The fraction of sp³-hybridized carbons (Fsp3) is 0.467. The van der Waals surface area contributed by atoms with Crippen molar-refractivity contribution in [3.8, 4) is 0 Å². The Morgan fingerprint density at radius 1 is 1.29 bits per heavy atom. The van der Waals surface area contributed by atoms with E-state index in [1.807, 2.05) is 0 Å². The number of hydrogen-bond donors (Lipinski definition) is 3. The maximum atomic E-state index is 13.2. The number of anilines is 1. The van der Waals surface area contributed by atoms with Crippen LogP contribution in [0.5, 0.6) is 0 Å². The zero-order chi connectivity index (χ0) is 15.5. The van der Waals surface area contributed by atoms with E-state index in [4.69, 9.17) is 0 Å². The fourth-order valence-electron chi connectivity index (χ4n) is 2.75. The van der Waals surface area contributed by atoms with Crippen molar-refractivity contribution in [3.05, 3.63) is 29.6 Å². The third-order valence-corrected chi connectivity index (χ3v) is 3.90. The first-order valence-corrected chi connectivity index (χ1v) is 6.97. The van der Waals surface area contributed by atoms with E-state index in [-0.39, 0.29) is 6.54 Å². The van der Waals surface area contributed by atoms with Crippen molar-refractivity contribution >= 4 is 17.7 Å². The molecule has 0 atom stereocenters. The molecule has 1 aliphatic rings. The molecule has 0 unspecified atom stereocenters. The summed E-state index contributed by atoms with van der Waals surface area (Å²) in [6, 6.07) is 3.70. The second-order valence-electron chi connectivity index (χ2n) is 5.62. The number of carboxylic acid groups (broad SMARTS) is 1. The van der Waals surface area contributed by atoms with Crippen molar-refractivity contribution in [1.29, 1.82) is 0 Å². The summed E-state index contributed by atoms with van der Waals surface area (Å²) in [5, 5.41) is 14.4. The highest BCUT2D eigenvalue weighted by Gasteiger charge is 2.41. The number of aliphatic carboxylic acids is 1. The molecule has 0 aromatic heterocycles. The Kier molecular flexibility index (Phi) is 4.45. The standard InChI is InChI=1S/C15H19FN2O3/c1-10-6-11(16)8-12(7-10)18-14(21)17-9-15(13(19)20)4-2-3-5-15/h6-8H,2-5,9H2,1H3,(H,19,20)(H2,17,18,21). The minimum atomic E-state index is -0.873. The molecule has 1 saturated carbocycles. The van der Waals surface area contributed by atoms with Crippen LogP contribution in [0, 0.1) is 18.2 Å². The van der Waals surface area contributed by atoms with Gasteiger partial charge in [0.25, 0.3) is 0 Å². The van der Waals surface area contributed by atoms with Crippen LogP contribution in [0.4, 0.5) is 14.9 Å². The first-order chi connectivity index (χ1) is 9.91. The average molecular weight is 294 g/mol. The summed E-state index contributed by atoms with van der Waals surface area (Å²) >= 11 is 0. The third kappa shape index (κ3) is 3.71. The lowest BCUT2D eigenvalue weighted by atomic mass is 9.86. The number of halogens is 1. The van der Waals surface area contributed by atoms with Crippen LogP contribution >= 0.6 is 0 Å². The van der Waals surface area contributed by atoms with Crippen molar-refractivity contribution in [1.82, 2.24) is 5.32 Å². The largest absolute Gasteiger partial charge is 0.481 e. The molecule has 0 aliphatic heterocycles. The van der Waals surface area contributed by atoms with Gasteiger partial charge in [-0.25, -0.2) is 9.18 Å². The maximum Gasteiger partial charge on any atom is 0.319 e.